The number of ether oxygens (including phenoxy) is 1. The van der Waals surface area contributed by atoms with E-state index in [4.69, 9.17) is 16.2 Å². The first-order chi connectivity index (χ1) is 16.4. The van der Waals surface area contributed by atoms with Crippen molar-refractivity contribution in [2.24, 2.45) is 0 Å². The molecule has 5 rings (SSSR count). The van der Waals surface area contributed by atoms with Crippen molar-refractivity contribution in [3.63, 3.8) is 0 Å². The molecule has 2 aliphatic rings. The van der Waals surface area contributed by atoms with E-state index in [1.165, 1.54) is 33.6 Å². The summed E-state index contributed by atoms with van der Waals surface area (Å²) >= 11 is 0. The highest BCUT2D eigenvalue weighted by Crippen LogP contribution is 2.44. The molecule has 0 bridgehead atoms. The zero-order valence-electron chi connectivity index (χ0n) is 18.6. The molecule has 176 valence electrons. The summed E-state index contributed by atoms with van der Waals surface area (Å²) in [4.78, 5) is 14.4. The number of piperazine rings is 1. The number of carbonyl (C=O) groups excluding carboxylic acids is 1. The zero-order chi connectivity index (χ0) is 23.9. The van der Waals surface area contributed by atoms with Gasteiger partial charge in [-0.15, -0.1) is 0 Å². The highest BCUT2D eigenvalue weighted by Gasteiger charge is 2.33. The molecule has 0 radical (unpaired) electrons. The number of hydrogen-bond acceptors (Lipinski definition) is 6. The second kappa shape index (κ2) is 8.66. The van der Waals surface area contributed by atoms with Crippen molar-refractivity contribution in [3.8, 4) is 11.1 Å². The molecule has 1 amide bonds. The van der Waals surface area contributed by atoms with Crippen molar-refractivity contribution in [2.45, 2.75) is 10.8 Å². The molecule has 1 saturated heterocycles. The summed E-state index contributed by atoms with van der Waals surface area (Å²) in [6, 6.07) is 20.6. The topological polar surface area (TPSA) is 119 Å². The molecule has 0 atom stereocenters. The van der Waals surface area contributed by atoms with Crippen LogP contribution < -0.4 is 11.5 Å². The smallest absolute Gasteiger partial charge is 0.409 e. The van der Waals surface area contributed by atoms with Gasteiger partial charge in [0.05, 0.1) is 16.3 Å². The Morgan fingerprint density at radius 3 is 2.03 bits per heavy atom. The summed E-state index contributed by atoms with van der Waals surface area (Å²) < 4.78 is 33.0. The normalized spacial score (nSPS) is 16.2. The number of nitrogens with two attached hydrogens (primary N) is 2. The standard InChI is InChI=1S/C25H26N4O4S/c26-23-10-9-17(15-24(23)27)34(31,32)29-13-11-28(12-14-29)25(30)33-16-22-20-7-3-1-5-18(20)19-6-2-4-8-21(19)22/h1-10,15,22H,11-14,16,26-27H2. The molecular formula is C25H26N4O4S. The maximum absolute atomic E-state index is 13.0. The number of hydrogen-bond donors (Lipinski definition) is 2. The van der Waals surface area contributed by atoms with Crippen LogP contribution in [0.25, 0.3) is 11.1 Å². The lowest BCUT2D eigenvalue weighted by atomic mass is 9.98. The molecule has 1 aliphatic carbocycles. The van der Waals surface area contributed by atoms with E-state index in [-0.39, 0.29) is 49.3 Å². The molecule has 1 heterocycles. The van der Waals surface area contributed by atoms with E-state index in [1.807, 2.05) is 24.3 Å². The molecule has 1 fully saturated rings. The molecule has 4 N–H and O–H groups in total. The quantitative estimate of drug-likeness (QED) is 0.556. The number of fused-ring (bicyclic) bond motifs is 3. The molecule has 0 aromatic heterocycles. The summed E-state index contributed by atoms with van der Waals surface area (Å²) in [5.74, 6) is -0.0195. The molecule has 8 nitrogen and oxygen atoms in total. The Hall–Kier alpha value is -3.56. The fourth-order valence-electron chi connectivity index (χ4n) is 4.66. The average molecular weight is 479 g/mol. The van der Waals surface area contributed by atoms with E-state index >= 15 is 0 Å². The van der Waals surface area contributed by atoms with Crippen LogP contribution in [-0.4, -0.2) is 56.5 Å². The number of carbonyl (C=O) groups is 1. The maximum Gasteiger partial charge on any atom is 0.409 e. The van der Waals surface area contributed by atoms with Crippen LogP contribution in [0.1, 0.15) is 17.0 Å². The summed E-state index contributed by atoms with van der Waals surface area (Å²) in [6.07, 6.45) is -0.435. The fourth-order valence-corrected chi connectivity index (χ4v) is 6.12. The third kappa shape index (κ3) is 3.86. The van der Waals surface area contributed by atoms with Gasteiger partial charge in [0.1, 0.15) is 6.61 Å². The Kier molecular flexibility index (Phi) is 5.66. The van der Waals surface area contributed by atoms with Gasteiger partial charge in [-0.1, -0.05) is 48.5 Å². The van der Waals surface area contributed by atoms with Crippen LogP contribution in [0, 0.1) is 0 Å². The largest absolute Gasteiger partial charge is 0.448 e. The van der Waals surface area contributed by atoms with Gasteiger partial charge < -0.3 is 21.1 Å². The van der Waals surface area contributed by atoms with Crippen LogP contribution >= 0.6 is 0 Å². The Labute approximate surface area is 198 Å². The van der Waals surface area contributed by atoms with Gasteiger partial charge in [-0.05, 0) is 40.5 Å². The first-order valence-corrected chi connectivity index (χ1v) is 12.6. The van der Waals surface area contributed by atoms with Gasteiger partial charge in [0, 0.05) is 32.1 Å². The van der Waals surface area contributed by atoms with Crippen LogP contribution in [0.5, 0.6) is 0 Å². The number of rotatable bonds is 4. The summed E-state index contributed by atoms with van der Waals surface area (Å²) in [7, 11) is -3.72. The fraction of sp³-hybridized carbons (Fsp3) is 0.240. The zero-order valence-corrected chi connectivity index (χ0v) is 19.4. The molecular weight excluding hydrogens is 452 g/mol. The number of sulfonamides is 1. The van der Waals surface area contributed by atoms with E-state index in [9.17, 15) is 13.2 Å². The van der Waals surface area contributed by atoms with Crippen molar-refractivity contribution in [1.29, 1.82) is 0 Å². The molecule has 0 saturated carbocycles. The Balaban J connectivity index is 1.22. The van der Waals surface area contributed by atoms with Crippen LogP contribution in [0.4, 0.5) is 16.2 Å². The Morgan fingerprint density at radius 2 is 1.44 bits per heavy atom. The number of nitrogens with zero attached hydrogens (tertiary/aromatic N) is 2. The summed E-state index contributed by atoms with van der Waals surface area (Å²) in [6.45, 7) is 1.09. The number of benzene rings is 3. The van der Waals surface area contributed by atoms with Gasteiger partial charge in [-0.25, -0.2) is 13.2 Å². The third-order valence-electron chi connectivity index (χ3n) is 6.53. The summed E-state index contributed by atoms with van der Waals surface area (Å²) in [5.41, 5.74) is 16.7. The average Bonchev–Trinajstić information content (AvgIpc) is 3.18. The summed E-state index contributed by atoms with van der Waals surface area (Å²) in [5, 5.41) is 0. The third-order valence-corrected chi connectivity index (χ3v) is 8.42. The van der Waals surface area contributed by atoms with Crippen molar-refractivity contribution in [1.82, 2.24) is 9.21 Å². The first-order valence-electron chi connectivity index (χ1n) is 11.1. The molecule has 3 aromatic carbocycles. The lowest BCUT2D eigenvalue weighted by molar-refractivity contribution is 0.0871. The highest BCUT2D eigenvalue weighted by atomic mass is 32.2. The second-order valence-electron chi connectivity index (χ2n) is 8.49. The maximum atomic E-state index is 13.0. The first kappa shape index (κ1) is 22.2. The van der Waals surface area contributed by atoms with Crippen molar-refractivity contribution >= 4 is 27.5 Å². The lowest BCUT2D eigenvalue weighted by Gasteiger charge is -2.33. The Bertz CT molecular complexity index is 1310. The number of anilines is 2. The van der Waals surface area contributed by atoms with Gasteiger partial charge in [0.15, 0.2) is 0 Å². The van der Waals surface area contributed by atoms with E-state index in [1.54, 1.807) is 4.90 Å². The van der Waals surface area contributed by atoms with Crippen LogP contribution in [0.15, 0.2) is 71.6 Å². The number of amides is 1. The predicted octanol–water partition coefficient (Wildman–Crippen LogP) is 3.11. The molecule has 9 heteroatoms. The predicted molar refractivity (Wildman–Crippen MR) is 131 cm³/mol. The molecule has 0 spiro atoms. The molecule has 1 aliphatic heterocycles. The Morgan fingerprint density at radius 1 is 0.853 bits per heavy atom. The second-order valence-corrected chi connectivity index (χ2v) is 10.4. The van der Waals surface area contributed by atoms with Gasteiger partial charge in [0.25, 0.3) is 0 Å². The minimum atomic E-state index is -3.72. The van der Waals surface area contributed by atoms with Crippen LogP contribution in [0.2, 0.25) is 0 Å². The minimum absolute atomic E-state index is 0.0195. The molecule has 0 unspecified atom stereocenters. The number of nitrogen functional groups attached to an aromatic ring is 2. The van der Waals surface area contributed by atoms with Gasteiger partial charge in [0.2, 0.25) is 10.0 Å². The van der Waals surface area contributed by atoms with Crippen LogP contribution in [-0.2, 0) is 14.8 Å². The van der Waals surface area contributed by atoms with E-state index in [0.717, 1.165) is 11.1 Å². The van der Waals surface area contributed by atoms with Gasteiger partial charge in [-0.3, -0.25) is 0 Å². The van der Waals surface area contributed by atoms with Gasteiger partial charge >= 0.3 is 6.09 Å². The molecule has 34 heavy (non-hydrogen) atoms. The van der Waals surface area contributed by atoms with Crippen molar-refractivity contribution in [3.05, 3.63) is 77.9 Å². The monoisotopic (exact) mass is 478 g/mol. The van der Waals surface area contributed by atoms with E-state index in [2.05, 4.69) is 24.3 Å². The highest BCUT2D eigenvalue weighted by molar-refractivity contribution is 7.89. The lowest BCUT2D eigenvalue weighted by Crippen LogP contribution is -2.50. The van der Waals surface area contributed by atoms with E-state index < -0.39 is 16.1 Å². The SMILES string of the molecule is Nc1ccc(S(=O)(=O)N2CCN(C(=O)OCC3c4ccccc4-c4ccccc43)CC2)cc1N. The van der Waals surface area contributed by atoms with Crippen LogP contribution in [0.3, 0.4) is 0 Å². The van der Waals surface area contributed by atoms with Gasteiger partial charge in [-0.2, -0.15) is 4.31 Å². The van der Waals surface area contributed by atoms with Crippen molar-refractivity contribution < 1.29 is 17.9 Å². The van der Waals surface area contributed by atoms with Crippen molar-refractivity contribution in [2.75, 3.05) is 44.3 Å². The molecule has 3 aromatic rings. The minimum Gasteiger partial charge on any atom is -0.448 e. The van der Waals surface area contributed by atoms with E-state index in [0.29, 0.717) is 5.69 Å².